The van der Waals surface area contributed by atoms with E-state index in [0.29, 0.717) is 11.3 Å². The zero-order chi connectivity index (χ0) is 22.4. The van der Waals surface area contributed by atoms with Gasteiger partial charge in [0.25, 0.3) is 5.91 Å². The Morgan fingerprint density at radius 2 is 1.66 bits per heavy atom. The lowest BCUT2D eigenvalue weighted by Gasteiger charge is -2.47. The van der Waals surface area contributed by atoms with E-state index < -0.39 is 0 Å². The fourth-order valence-corrected chi connectivity index (χ4v) is 5.00. The Labute approximate surface area is 192 Å². The molecule has 3 heterocycles. The van der Waals surface area contributed by atoms with E-state index in [1.165, 1.54) is 18.4 Å². The third-order valence-corrected chi connectivity index (χ3v) is 7.20. The van der Waals surface area contributed by atoms with Crippen LogP contribution in [0, 0.1) is 11.3 Å². The van der Waals surface area contributed by atoms with Gasteiger partial charge in [-0.25, -0.2) is 0 Å². The smallest absolute Gasteiger partial charge is 0.253 e. The average Bonchev–Trinajstić information content (AvgIpc) is 2.83. The van der Waals surface area contributed by atoms with Crippen LogP contribution in [0.3, 0.4) is 0 Å². The van der Waals surface area contributed by atoms with Crippen LogP contribution in [0.2, 0.25) is 0 Å². The molecular weight excluding hydrogens is 398 g/mol. The van der Waals surface area contributed by atoms with Gasteiger partial charge in [0.2, 0.25) is 0 Å². The van der Waals surface area contributed by atoms with Crippen molar-refractivity contribution in [3.05, 3.63) is 59.9 Å². The lowest BCUT2D eigenvalue weighted by molar-refractivity contribution is 0.0304. The molecule has 2 aliphatic rings. The molecule has 0 N–H and O–H groups in total. The SMILES string of the molecule is CC(C)COc1ccccc1CCN1CCC2(CC1)CCN(C(=O)c1ccncc1)CC2. The molecule has 0 atom stereocenters. The molecule has 5 nitrogen and oxygen atoms in total. The number of carbonyl (C=O) groups is 1. The summed E-state index contributed by atoms with van der Waals surface area (Å²) < 4.78 is 6.04. The quantitative estimate of drug-likeness (QED) is 0.634. The number of carbonyl (C=O) groups excluding carboxylic acids is 1. The molecule has 0 aliphatic carbocycles. The van der Waals surface area contributed by atoms with Crippen molar-refractivity contribution in [2.24, 2.45) is 11.3 Å². The molecule has 0 radical (unpaired) electrons. The molecule has 2 aromatic rings. The van der Waals surface area contributed by atoms with Crippen molar-refractivity contribution in [3.8, 4) is 5.75 Å². The molecule has 0 bridgehead atoms. The number of nitrogens with zero attached hydrogens (tertiary/aromatic N) is 3. The first-order valence-electron chi connectivity index (χ1n) is 12.2. The van der Waals surface area contributed by atoms with Crippen molar-refractivity contribution in [1.82, 2.24) is 14.8 Å². The van der Waals surface area contributed by atoms with E-state index in [4.69, 9.17) is 4.74 Å². The molecule has 1 amide bonds. The van der Waals surface area contributed by atoms with Gasteiger partial charge in [-0.15, -0.1) is 0 Å². The molecule has 1 spiro atoms. The lowest BCUT2D eigenvalue weighted by Crippen LogP contribution is -2.48. The van der Waals surface area contributed by atoms with Crippen LogP contribution in [-0.4, -0.2) is 60.0 Å². The molecule has 32 heavy (non-hydrogen) atoms. The van der Waals surface area contributed by atoms with Gasteiger partial charge in [0.05, 0.1) is 6.61 Å². The number of piperidine rings is 2. The van der Waals surface area contributed by atoms with Crippen molar-refractivity contribution < 1.29 is 9.53 Å². The van der Waals surface area contributed by atoms with Gasteiger partial charge in [0.1, 0.15) is 5.75 Å². The fourth-order valence-electron chi connectivity index (χ4n) is 5.00. The lowest BCUT2D eigenvalue weighted by atomic mass is 9.71. The monoisotopic (exact) mass is 435 g/mol. The molecule has 2 saturated heterocycles. The van der Waals surface area contributed by atoms with Crippen molar-refractivity contribution in [2.75, 3.05) is 39.3 Å². The minimum atomic E-state index is 0.151. The second kappa shape index (κ2) is 10.5. The highest BCUT2D eigenvalue weighted by Crippen LogP contribution is 2.41. The molecular formula is C27H37N3O2. The van der Waals surface area contributed by atoms with Crippen LogP contribution < -0.4 is 4.74 Å². The highest BCUT2D eigenvalue weighted by atomic mass is 16.5. The summed E-state index contributed by atoms with van der Waals surface area (Å²) in [6, 6.07) is 12.1. The summed E-state index contributed by atoms with van der Waals surface area (Å²) in [5, 5.41) is 0. The van der Waals surface area contributed by atoms with Gasteiger partial charge in [0.15, 0.2) is 0 Å². The van der Waals surface area contributed by atoms with Crippen molar-refractivity contribution in [1.29, 1.82) is 0 Å². The number of benzene rings is 1. The third kappa shape index (κ3) is 5.69. The number of para-hydroxylation sites is 1. The van der Waals surface area contributed by atoms with E-state index in [-0.39, 0.29) is 5.91 Å². The fraction of sp³-hybridized carbons (Fsp3) is 0.556. The highest BCUT2D eigenvalue weighted by molar-refractivity contribution is 5.94. The maximum atomic E-state index is 12.7. The Morgan fingerprint density at radius 3 is 2.34 bits per heavy atom. The first-order valence-corrected chi connectivity index (χ1v) is 12.2. The number of aromatic nitrogens is 1. The minimum absolute atomic E-state index is 0.151. The Bertz CT molecular complexity index is 865. The molecule has 0 saturated carbocycles. The Morgan fingerprint density at radius 1 is 1.00 bits per heavy atom. The van der Waals surface area contributed by atoms with Crippen LogP contribution in [0.4, 0.5) is 0 Å². The standard InChI is InChI=1S/C27H37N3O2/c1-22(2)21-32-25-6-4-3-5-23(25)9-16-29-17-10-27(11-18-29)12-19-30(20-13-27)26(31)24-7-14-28-15-8-24/h3-8,14-15,22H,9-13,16-21H2,1-2H3. The minimum Gasteiger partial charge on any atom is -0.493 e. The van der Waals surface area contributed by atoms with Gasteiger partial charge in [-0.3, -0.25) is 9.78 Å². The van der Waals surface area contributed by atoms with Gasteiger partial charge in [0, 0.05) is 37.6 Å². The number of amides is 1. The number of likely N-dealkylation sites (tertiary alicyclic amines) is 2. The van der Waals surface area contributed by atoms with Gasteiger partial charge >= 0.3 is 0 Å². The maximum Gasteiger partial charge on any atom is 0.253 e. The summed E-state index contributed by atoms with van der Waals surface area (Å²) in [5.74, 6) is 1.73. The normalized spacial score (nSPS) is 18.8. The van der Waals surface area contributed by atoms with Crippen LogP contribution in [0.15, 0.2) is 48.8 Å². The Balaban J connectivity index is 1.24. The van der Waals surface area contributed by atoms with Gasteiger partial charge in [-0.05, 0) is 80.3 Å². The van der Waals surface area contributed by atoms with Crippen molar-refractivity contribution >= 4 is 5.91 Å². The largest absolute Gasteiger partial charge is 0.493 e. The van der Waals surface area contributed by atoms with E-state index in [0.717, 1.165) is 69.9 Å². The molecule has 4 rings (SSSR count). The molecule has 1 aromatic heterocycles. The second-order valence-electron chi connectivity index (χ2n) is 9.93. The Kier molecular flexibility index (Phi) is 7.46. The number of hydrogen-bond donors (Lipinski definition) is 0. The van der Waals surface area contributed by atoms with Crippen LogP contribution in [0.25, 0.3) is 0 Å². The predicted molar refractivity (Wildman–Crippen MR) is 128 cm³/mol. The molecule has 172 valence electrons. The van der Waals surface area contributed by atoms with Crippen molar-refractivity contribution in [3.63, 3.8) is 0 Å². The molecule has 1 aromatic carbocycles. The average molecular weight is 436 g/mol. The van der Waals surface area contributed by atoms with Crippen LogP contribution in [-0.2, 0) is 6.42 Å². The summed E-state index contributed by atoms with van der Waals surface area (Å²) >= 11 is 0. The Hall–Kier alpha value is -2.40. The predicted octanol–water partition coefficient (Wildman–Crippen LogP) is 4.68. The van der Waals surface area contributed by atoms with Crippen LogP contribution in [0.5, 0.6) is 5.75 Å². The number of pyridine rings is 1. The summed E-state index contributed by atoms with van der Waals surface area (Å²) in [6.45, 7) is 10.3. The first-order chi connectivity index (χ1) is 15.5. The van der Waals surface area contributed by atoms with Crippen LogP contribution in [0.1, 0.15) is 55.5 Å². The zero-order valence-corrected chi connectivity index (χ0v) is 19.6. The second-order valence-corrected chi connectivity index (χ2v) is 9.93. The van der Waals surface area contributed by atoms with E-state index >= 15 is 0 Å². The van der Waals surface area contributed by atoms with Gasteiger partial charge in [-0.2, -0.15) is 0 Å². The number of hydrogen-bond acceptors (Lipinski definition) is 4. The topological polar surface area (TPSA) is 45.7 Å². The highest BCUT2D eigenvalue weighted by Gasteiger charge is 2.38. The van der Waals surface area contributed by atoms with Gasteiger partial charge in [-0.1, -0.05) is 32.0 Å². The van der Waals surface area contributed by atoms with E-state index in [1.54, 1.807) is 12.4 Å². The molecule has 0 unspecified atom stereocenters. The van der Waals surface area contributed by atoms with Crippen molar-refractivity contribution in [2.45, 2.75) is 46.0 Å². The molecule has 5 heteroatoms. The summed E-state index contributed by atoms with van der Waals surface area (Å²) in [5.41, 5.74) is 2.49. The molecule has 2 fully saturated rings. The van der Waals surface area contributed by atoms with E-state index in [1.807, 2.05) is 17.0 Å². The molecule has 2 aliphatic heterocycles. The van der Waals surface area contributed by atoms with Gasteiger partial charge < -0.3 is 14.5 Å². The third-order valence-electron chi connectivity index (χ3n) is 7.20. The zero-order valence-electron chi connectivity index (χ0n) is 19.6. The summed E-state index contributed by atoms with van der Waals surface area (Å²) in [4.78, 5) is 21.4. The summed E-state index contributed by atoms with van der Waals surface area (Å²) in [7, 11) is 0. The van der Waals surface area contributed by atoms with E-state index in [2.05, 4.69) is 48.0 Å². The summed E-state index contributed by atoms with van der Waals surface area (Å²) in [6.07, 6.45) is 9.18. The maximum absolute atomic E-state index is 12.7. The van der Waals surface area contributed by atoms with Crippen LogP contribution >= 0.6 is 0 Å². The number of rotatable bonds is 7. The number of ether oxygens (including phenoxy) is 1. The van der Waals surface area contributed by atoms with E-state index in [9.17, 15) is 4.79 Å². The first kappa shape index (κ1) is 22.8.